The van der Waals surface area contributed by atoms with Gasteiger partial charge in [0.05, 0.1) is 12.8 Å². The van der Waals surface area contributed by atoms with Crippen LogP contribution in [0.15, 0.2) is 51.7 Å². The Morgan fingerprint density at radius 3 is 2.28 bits per heavy atom. The van der Waals surface area contributed by atoms with E-state index in [2.05, 4.69) is 51.7 Å². The van der Waals surface area contributed by atoms with E-state index in [-0.39, 0.29) is 11.6 Å². The lowest BCUT2D eigenvalue weighted by molar-refractivity contribution is 0.0626. The number of imidazole rings is 1. The molecule has 0 radical (unpaired) electrons. The first-order chi connectivity index (χ1) is 22.4. The van der Waals surface area contributed by atoms with E-state index in [0.717, 1.165) is 115 Å². The molecule has 4 aromatic rings. The number of nitrogens with two attached hydrogens (primary N) is 1. The van der Waals surface area contributed by atoms with E-state index in [9.17, 15) is 4.39 Å². The number of anilines is 2. The summed E-state index contributed by atoms with van der Waals surface area (Å²) >= 11 is 6.83. The number of ether oxygens (including phenoxy) is 3. The van der Waals surface area contributed by atoms with Gasteiger partial charge in [0.1, 0.15) is 17.2 Å². The summed E-state index contributed by atoms with van der Waals surface area (Å²) in [5.41, 5.74) is 9.29. The molecule has 0 atom stereocenters. The summed E-state index contributed by atoms with van der Waals surface area (Å²) in [5.74, 6) is 3.16. The molecule has 248 valence electrons. The largest absolute Gasteiger partial charge is 0.494 e. The molecule has 2 fully saturated rings. The molecular formula is C34H43Br2FN6O3. The van der Waals surface area contributed by atoms with E-state index in [4.69, 9.17) is 24.9 Å². The Morgan fingerprint density at radius 2 is 1.61 bits per heavy atom. The molecule has 2 saturated heterocycles. The fourth-order valence-electron chi connectivity index (χ4n) is 5.96. The fraction of sp³-hybridized carbons (Fsp3) is 0.500. The maximum absolute atomic E-state index is 14.0. The molecule has 0 aliphatic carbocycles. The lowest BCUT2D eigenvalue weighted by Crippen LogP contribution is -2.18. The molecule has 0 saturated carbocycles. The van der Waals surface area contributed by atoms with E-state index in [0.29, 0.717) is 18.0 Å². The second kappa shape index (κ2) is 17.4. The summed E-state index contributed by atoms with van der Waals surface area (Å²) in [4.78, 5) is 13.7. The number of nitrogens with zero attached hydrogens (tertiary/aromatic N) is 4. The number of halogens is 3. The van der Waals surface area contributed by atoms with Crippen molar-refractivity contribution < 1.29 is 18.6 Å². The number of benzene rings is 1. The summed E-state index contributed by atoms with van der Waals surface area (Å²) in [6.45, 7) is 5.34. The number of hydrogen-bond donors (Lipinski definition) is 2. The van der Waals surface area contributed by atoms with Gasteiger partial charge in [0, 0.05) is 67.3 Å². The lowest BCUT2D eigenvalue weighted by atomic mass is 9.96. The Bertz CT molecular complexity index is 1560. The van der Waals surface area contributed by atoms with Gasteiger partial charge < -0.3 is 29.8 Å². The predicted octanol–water partition coefficient (Wildman–Crippen LogP) is 7.60. The summed E-state index contributed by atoms with van der Waals surface area (Å²) < 4.78 is 33.9. The van der Waals surface area contributed by atoms with Gasteiger partial charge in [-0.3, -0.25) is 0 Å². The van der Waals surface area contributed by atoms with Crippen molar-refractivity contribution in [1.82, 2.24) is 19.5 Å². The van der Waals surface area contributed by atoms with Gasteiger partial charge >= 0.3 is 0 Å². The van der Waals surface area contributed by atoms with Crippen LogP contribution in [0, 0.1) is 17.7 Å². The Hall–Kier alpha value is -2.80. The number of aryl methyl sites for hydroxylation is 3. The van der Waals surface area contributed by atoms with Crippen molar-refractivity contribution in [2.24, 2.45) is 11.8 Å². The number of nitrogen functional groups attached to an aromatic ring is 1. The zero-order chi connectivity index (χ0) is 32.3. The van der Waals surface area contributed by atoms with Gasteiger partial charge in [0.15, 0.2) is 17.2 Å². The molecule has 5 heterocycles. The molecule has 0 amide bonds. The molecule has 6 rings (SSSR count). The Kier molecular flexibility index (Phi) is 13.0. The number of fused-ring (bicyclic) bond motifs is 1. The molecule has 46 heavy (non-hydrogen) atoms. The van der Waals surface area contributed by atoms with Gasteiger partial charge in [-0.05, 0) is 118 Å². The second-order valence-electron chi connectivity index (χ2n) is 11.9. The van der Waals surface area contributed by atoms with Crippen LogP contribution in [-0.4, -0.2) is 59.6 Å². The van der Waals surface area contributed by atoms with Crippen LogP contribution >= 0.6 is 31.9 Å². The van der Waals surface area contributed by atoms with Gasteiger partial charge in [-0.1, -0.05) is 6.07 Å². The van der Waals surface area contributed by atoms with Crippen molar-refractivity contribution in [3.63, 3.8) is 0 Å². The zero-order valence-electron chi connectivity index (χ0n) is 26.3. The highest BCUT2D eigenvalue weighted by molar-refractivity contribution is 9.10. The van der Waals surface area contributed by atoms with Crippen molar-refractivity contribution >= 4 is 54.5 Å². The fourth-order valence-corrected chi connectivity index (χ4v) is 6.63. The topological polar surface area (TPSA) is 109 Å². The Balaban J connectivity index is 0.000000209. The standard InChI is InChI=1S/C22H25BrFN3O2.C12H18BrN3O/c1-28-20-4-2-16(12-18(20)24)3-5-21-26-19-13-17(23)14-25-22(19)27(21)9-6-15-7-10-29-11-8-15;13-10-7-11(14)12(16-8-10)15-4-1-9-2-5-17-6-3-9/h2,4,12-15H,3,5-11H2,1H3;7-9H,1-6,14H2,(H,15,16). The van der Waals surface area contributed by atoms with Gasteiger partial charge in [-0.15, -0.1) is 0 Å². The highest BCUT2D eigenvalue weighted by Crippen LogP contribution is 2.25. The Morgan fingerprint density at radius 1 is 0.935 bits per heavy atom. The van der Waals surface area contributed by atoms with Crippen molar-refractivity contribution in [3.8, 4) is 5.75 Å². The molecule has 12 heteroatoms. The quantitative estimate of drug-likeness (QED) is 0.161. The molecule has 3 aromatic heterocycles. The molecule has 2 aliphatic rings. The van der Waals surface area contributed by atoms with Crippen LogP contribution in [-0.2, 0) is 28.9 Å². The summed E-state index contributed by atoms with van der Waals surface area (Å²) in [6, 6.07) is 9.00. The highest BCUT2D eigenvalue weighted by Gasteiger charge is 2.18. The van der Waals surface area contributed by atoms with Crippen molar-refractivity contribution in [2.45, 2.75) is 57.9 Å². The smallest absolute Gasteiger partial charge is 0.165 e. The van der Waals surface area contributed by atoms with Crippen LogP contribution in [0.25, 0.3) is 11.2 Å². The van der Waals surface area contributed by atoms with Gasteiger partial charge in [0.2, 0.25) is 0 Å². The minimum absolute atomic E-state index is 0.270. The van der Waals surface area contributed by atoms with Crippen LogP contribution in [0.4, 0.5) is 15.9 Å². The van der Waals surface area contributed by atoms with Crippen molar-refractivity contribution in [2.75, 3.05) is 51.1 Å². The van der Waals surface area contributed by atoms with Gasteiger partial charge in [-0.25, -0.2) is 19.3 Å². The molecule has 1 aromatic carbocycles. The van der Waals surface area contributed by atoms with Crippen LogP contribution < -0.4 is 15.8 Å². The molecular weight excluding hydrogens is 719 g/mol. The van der Waals surface area contributed by atoms with E-state index >= 15 is 0 Å². The SMILES string of the molecule is COc1ccc(CCc2nc3cc(Br)cnc3n2CCC2CCOCC2)cc1F.Nc1cc(Br)cnc1NCCC1CCOCC1. The number of pyridine rings is 2. The minimum Gasteiger partial charge on any atom is -0.494 e. The van der Waals surface area contributed by atoms with Crippen LogP contribution in [0.3, 0.4) is 0 Å². The number of rotatable bonds is 11. The first-order valence-electron chi connectivity index (χ1n) is 16.0. The van der Waals surface area contributed by atoms with E-state index in [1.165, 1.54) is 20.0 Å². The number of hydrogen-bond acceptors (Lipinski definition) is 8. The summed E-state index contributed by atoms with van der Waals surface area (Å²) in [7, 11) is 1.48. The van der Waals surface area contributed by atoms with Crippen LogP contribution in [0.5, 0.6) is 5.75 Å². The van der Waals surface area contributed by atoms with Crippen LogP contribution in [0.2, 0.25) is 0 Å². The first-order valence-corrected chi connectivity index (χ1v) is 17.6. The first kappa shape index (κ1) is 34.5. The highest BCUT2D eigenvalue weighted by atomic mass is 79.9. The maximum Gasteiger partial charge on any atom is 0.165 e. The third kappa shape index (κ3) is 9.85. The van der Waals surface area contributed by atoms with Crippen molar-refractivity contribution in [1.29, 1.82) is 0 Å². The molecule has 3 N–H and O–H groups in total. The third-order valence-corrected chi connectivity index (χ3v) is 9.52. The van der Waals surface area contributed by atoms with E-state index < -0.39 is 0 Å². The predicted molar refractivity (Wildman–Crippen MR) is 187 cm³/mol. The average Bonchev–Trinajstić information content (AvgIpc) is 3.41. The summed E-state index contributed by atoms with van der Waals surface area (Å²) in [6.07, 6.45) is 11.8. The number of methoxy groups -OCH3 is 1. The average molecular weight is 763 g/mol. The number of aromatic nitrogens is 4. The van der Waals surface area contributed by atoms with Gasteiger partial charge in [0.25, 0.3) is 0 Å². The zero-order valence-corrected chi connectivity index (χ0v) is 29.5. The monoisotopic (exact) mass is 760 g/mol. The third-order valence-electron chi connectivity index (χ3n) is 8.66. The van der Waals surface area contributed by atoms with E-state index in [1.54, 1.807) is 18.3 Å². The molecule has 0 spiro atoms. The molecule has 9 nitrogen and oxygen atoms in total. The maximum atomic E-state index is 14.0. The number of nitrogens with one attached hydrogen (secondary N) is 1. The molecule has 0 unspecified atom stereocenters. The Labute approximate surface area is 287 Å². The second-order valence-corrected chi connectivity index (χ2v) is 13.7. The summed E-state index contributed by atoms with van der Waals surface area (Å²) in [5, 5.41) is 3.29. The van der Waals surface area contributed by atoms with Crippen LogP contribution in [0.1, 0.15) is 49.9 Å². The van der Waals surface area contributed by atoms with E-state index in [1.807, 2.05) is 24.4 Å². The lowest BCUT2D eigenvalue weighted by Gasteiger charge is -2.22. The van der Waals surface area contributed by atoms with Crippen molar-refractivity contribution in [3.05, 3.63) is 68.9 Å². The molecule has 2 aliphatic heterocycles. The normalized spacial score (nSPS) is 15.8. The molecule has 0 bridgehead atoms. The minimum atomic E-state index is -0.330. The van der Waals surface area contributed by atoms with Gasteiger partial charge in [-0.2, -0.15) is 0 Å².